The highest BCUT2D eigenvalue weighted by atomic mass is 16.5. The highest BCUT2D eigenvalue weighted by molar-refractivity contribution is 5.91. The van der Waals surface area contributed by atoms with Crippen molar-refractivity contribution in [1.82, 2.24) is 19.3 Å². The number of aromatic nitrogens is 4. The van der Waals surface area contributed by atoms with Crippen LogP contribution in [0.1, 0.15) is 36.3 Å². The van der Waals surface area contributed by atoms with Crippen LogP contribution in [0.2, 0.25) is 0 Å². The molecule has 0 unspecified atom stereocenters. The second-order valence-electron chi connectivity index (χ2n) is 8.49. The number of carbonyl (C=O) groups is 1. The van der Waals surface area contributed by atoms with E-state index in [4.69, 9.17) is 4.74 Å². The fourth-order valence-corrected chi connectivity index (χ4v) is 4.34. The molecule has 0 fully saturated rings. The third-order valence-electron chi connectivity index (χ3n) is 6.19. The Morgan fingerprint density at radius 1 is 1.15 bits per heavy atom. The maximum Gasteiger partial charge on any atom is 0.345 e. The summed E-state index contributed by atoms with van der Waals surface area (Å²) in [5.41, 5.74) is 2.92. The van der Waals surface area contributed by atoms with Gasteiger partial charge in [-0.05, 0) is 55.4 Å². The number of fused-ring (bicyclic) bond motifs is 1. The fourth-order valence-electron chi connectivity index (χ4n) is 4.34. The predicted octanol–water partition coefficient (Wildman–Crippen LogP) is 2.85. The Morgan fingerprint density at radius 2 is 2.00 bits per heavy atom. The molecule has 3 aromatic rings. The lowest BCUT2D eigenvalue weighted by Crippen LogP contribution is -2.27. The van der Waals surface area contributed by atoms with Gasteiger partial charge in [0.2, 0.25) is 5.91 Å². The van der Waals surface area contributed by atoms with E-state index in [0.717, 1.165) is 48.5 Å². The standard InChI is InChI=1S/C25H31N5O3/c1-33-17-16-30-25(32)29-15-13-19(9-12-23(29)28-30)18-24(31)27-22-8-3-2-6-20(22)10-11-21-7-4-5-14-26-21/h2-8,14,19H,9-13,15-18H2,1H3,(H,27,31)/t19-/m0/s1. The molecule has 0 saturated heterocycles. The SMILES string of the molecule is COCCn1nc2n(c1=O)CC[C@@H](CC(=O)Nc1ccccc1CCc1ccccn1)CC2. The Balaban J connectivity index is 1.32. The minimum atomic E-state index is -0.0889. The number of ether oxygens (including phenoxy) is 1. The number of nitrogens with one attached hydrogen (secondary N) is 1. The molecule has 2 aromatic heterocycles. The van der Waals surface area contributed by atoms with E-state index in [0.29, 0.717) is 32.5 Å². The zero-order valence-corrected chi connectivity index (χ0v) is 19.1. The molecule has 1 amide bonds. The van der Waals surface area contributed by atoms with Crippen LogP contribution in [-0.4, -0.2) is 39.0 Å². The van der Waals surface area contributed by atoms with Gasteiger partial charge in [0.25, 0.3) is 0 Å². The Kier molecular flexibility index (Phi) is 7.67. The molecular formula is C25H31N5O3. The minimum absolute atomic E-state index is 0.0160. The molecule has 33 heavy (non-hydrogen) atoms. The summed E-state index contributed by atoms with van der Waals surface area (Å²) in [4.78, 5) is 29.8. The number of nitrogens with zero attached hydrogens (tertiary/aromatic N) is 4. The Bertz CT molecular complexity index is 1120. The number of aryl methyl sites for hydroxylation is 3. The molecule has 3 heterocycles. The van der Waals surface area contributed by atoms with Gasteiger partial charge in [-0.3, -0.25) is 14.3 Å². The number of anilines is 1. The first kappa shape index (κ1) is 22.9. The van der Waals surface area contributed by atoms with Crippen LogP contribution in [0.25, 0.3) is 0 Å². The molecular weight excluding hydrogens is 418 g/mol. The number of pyridine rings is 1. The highest BCUT2D eigenvalue weighted by Crippen LogP contribution is 2.23. The van der Waals surface area contributed by atoms with E-state index in [-0.39, 0.29) is 17.5 Å². The summed E-state index contributed by atoms with van der Waals surface area (Å²) in [7, 11) is 1.61. The smallest absolute Gasteiger partial charge is 0.345 e. The summed E-state index contributed by atoms with van der Waals surface area (Å²) in [6.07, 6.45) is 6.21. The third kappa shape index (κ3) is 5.96. The van der Waals surface area contributed by atoms with Crippen molar-refractivity contribution < 1.29 is 9.53 Å². The summed E-state index contributed by atoms with van der Waals surface area (Å²) in [5, 5.41) is 7.58. The number of hydrogen-bond donors (Lipinski definition) is 1. The average Bonchev–Trinajstić information content (AvgIpc) is 2.99. The van der Waals surface area contributed by atoms with Crippen LogP contribution in [0.4, 0.5) is 5.69 Å². The first-order chi connectivity index (χ1) is 16.1. The molecule has 1 aromatic carbocycles. The van der Waals surface area contributed by atoms with Crippen molar-refractivity contribution in [3.8, 4) is 0 Å². The lowest BCUT2D eigenvalue weighted by atomic mass is 9.96. The maximum atomic E-state index is 12.8. The van der Waals surface area contributed by atoms with Crippen molar-refractivity contribution in [1.29, 1.82) is 0 Å². The monoisotopic (exact) mass is 449 g/mol. The fraction of sp³-hybridized carbons (Fsp3) is 0.440. The summed E-state index contributed by atoms with van der Waals surface area (Å²) in [6, 6.07) is 13.9. The largest absolute Gasteiger partial charge is 0.383 e. The molecule has 8 heteroatoms. The Labute approximate surface area is 193 Å². The summed E-state index contributed by atoms with van der Waals surface area (Å²) < 4.78 is 8.29. The van der Waals surface area contributed by atoms with Crippen LogP contribution in [-0.2, 0) is 41.9 Å². The number of benzene rings is 1. The first-order valence-electron chi connectivity index (χ1n) is 11.6. The van der Waals surface area contributed by atoms with Crippen LogP contribution in [0.5, 0.6) is 0 Å². The number of para-hydroxylation sites is 1. The van der Waals surface area contributed by atoms with E-state index in [1.54, 1.807) is 17.9 Å². The van der Waals surface area contributed by atoms with Gasteiger partial charge in [-0.15, -0.1) is 0 Å². The van der Waals surface area contributed by atoms with Crippen LogP contribution in [0.3, 0.4) is 0 Å². The lowest BCUT2D eigenvalue weighted by Gasteiger charge is -2.15. The van der Waals surface area contributed by atoms with E-state index < -0.39 is 0 Å². The van der Waals surface area contributed by atoms with Crippen LogP contribution in [0.15, 0.2) is 53.5 Å². The van der Waals surface area contributed by atoms with Gasteiger partial charge in [-0.25, -0.2) is 9.48 Å². The van der Waals surface area contributed by atoms with E-state index in [2.05, 4.69) is 21.5 Å². The molecule has 0 radical (unpaired) electrons. The molecule has 1 aliphatic heterocycles. The molecule has 1 N–H and O–H groups in total. The van der Waals surface area contributed by atoms with E-state index in [1.165, 1.54) is 4.68 Å². The van der Waals surface area contributed by atoms with Crippen molar-refractivity contribution in [2.45, 2.75) is 51.6 Å². The van der Waals surface area contributed by atoms with Crippen LogP contribution >= 0.6 is 0 Å². The second-order valence-corrected chi connectivity index (χ2v) is 8.49. The maximum absolute atomic E-state index is 12.8. The van der Waals surface area contributed by atoms with Gasteiger partial charge in [0, 0.05) is 44.1 Å². The van der Waals surface area contributed by atoms with Gasteiger partial charge in [-0.1, -0.05) is 24.3 Å². The molecule has 8 nitrogen and oxygen atoms in total. The molecule has 4 rings (SSSR count). The van der Waals surface area contributed by atoms with Gasteiger partial charge >= 0.3 is 5.69 Å². The van der Waals surface area contributed by atoms with Crippen molar-refractivity contribution in [2.24, 2.45) is 5.92 Å². The van der Waals surface area contributed by atoms with Crippen molar-refractivity contribution in [2.75, 3.05) is 19.0 Å². The number of rotatable bonds is 9. The van der Waals surface area contributed by atoms with Crippen LogP contribution in [0, 0.1) is 5.92 Å². The highest BCUT2D eigenvalue weighted by Gasteiger charge is 2.23. The molecule has 0 bridgehead atoms. The normalized spacial score (nSPS) is 15.6. The quantitative estimate of drug-likeness (QED) is 0.542. The molecule has 0 saturated carbocycles. The van der Waals surface area contributed by atoms with Gasteiger partial charge in [-0.2, -0.15) is 5.10 Å². The number of methoxy groups -OCH3 is 1. The van der Waals surface area contributed by atoms with Gasteiger partial charge in [0.1, 0.15) is 5.82 Å². The molecule has 1 atom stereocenters. The summed E-state index contributed by atoms with van der Waals surface area (Å²) in [6.45, 7) is 1.52. The zero-order chi connectivity index (χ0) is 23.0. The molecule has 174 valence electrons. The van der Waals surface area contributed by atoms with Gasteiger partial charge in [0.15, 0.2) is 0 Å². The first-order valence-corrected chi connectivity index (χ1v) is 11.6. The van der Waals surface area contributed by atoms with E-state index >= 15 is 0 Å². The number of amides is 1. The minimum Gasteiger partial charge on any atom is -0.383 e. The third-order valence-corrected chi connectivity index (χ3v) is 6.19. The lowest BCUT2D eigenvalue weighted by molar-refractivity contribution is -0.117. The Hall–Kier alpha value is -3.26. The predicted molar refractivity (Wildman–Crippen MR) is 126 cm³/mol. The van der Waals surface area contributed by atoms with Crippen molar-refractivity contribution in [3.05, 3.63) is 76.2 Å². The number of carbonyl (C=O) groups excluding carboxylic acids is 1. The average molecular weight is 450 g/mol. The molecule has 1 aliphatic rings. The van der Waals surface area contributed by atoms with Crippen LogP contribution < -0.4 is 11.0 Å². The Morgan fingerprint density at radius 3 is 2.82 bits per heavy atom. The second kappa shape index (κ2) is 11.0. The molecule has 0 aliphatic carbocycles. The topological polar surface area (TPSA) is 91.0 Å². The summed E-state index contributed by atoms with van der Waals surface area (Å²) in [5.74, 6) is 1.04. The molecule has 0 spiro atoms. The van der Waals surface area contributed by atoms with E-state index in [1.807, 2.05) is 36.4 Å². The number of hydrogen-bond acceptors (Lipinski definition) is 5. The van der Waals surface area contributed by atoms with E-state index in [9.17, 15) is 9.59 Å². The summed E-state index contributed by atoms with van der Waals surface area (Å²) >= 11 is 0. The van der Waals surface area contributed by atoms with Crippen molar-refractivity contribution >= 4 is 11.6 Å². The van der Waals surface area contributed by atoms with Gasteiger partial charge in [0.05, 0.1) is 13.2 Å². The van der Waals surface area contributed by atoms with Gasteiger partial charge < -0.3 is 10.1 Å². The van der Waals surface area contributed by atoms with Crippen molar-refractivity contribution in [3.63, 3.8) is 0 Å². The zero-order valence-electron chi connectivity index (χ0n) is 19.1.